The van der Waals surface area contributed by atoms with Gasteiger partial charge in [0.15, 0.2) is 5.69 Å². The van der Waals surface area contributed by atoms with Crippen molar-refractivity contribution in [3.63, 3.8) is 0 Å². The summed E-state index contributed by atoms with van der Waals surface area (Å²) < 4.78 is 1.14. The van der Waals surface area contributed by atoms with Gasteiger partial charge in [0.05, 0.1) is 15.2 Å². The second kappa shape index (κ2) is 4.17. The third kappa shape index (κ3) is 1.73. The number of aromatic nitrogens is 3. The summed E-state index contributed by atoms with van der Waals surface area (Å²) in [7, 11) is 0. The van der Waals surface area contributed by atoms with Gasteiger partial charge < -0.3 is 0 Å². The summed E-state index contributed by atoms with van der Waals surface area (Å²) in [5.74, 6) is 0. The van der Waals surface area contributed by atoms with Gasteiger partial charge in [-0.2, -0.15) is 5.26 Å². The van der Waals surface area contributed by atoms with E-state index >= 15 is 0 Å². The molecule has 0 N–H and O–H groups in total. The van der Waals surface area contributed by atoms with Crippen molar-refractivity contribution < 1.29 is 0 Å². The maximum atomic E-state index is 9.03. The molecule has 0 aliphatic carbocycles. The van der Waals surface area contributed by atoms with Crippen LogP contribution in [0.5, 0.6) is 0 Å². The van der Waals surface area contributed by atoms with Gasteiger partial charge in [0, 0.05) is 18.0 Å². The zero-order valence-corrected chi connectivity index (χ0v) is 10.4. The molecule has 4 nitrogen and oxygen atoms in total. The van der Waals surface area contributed by atoms with Crippen molar-refractivity contribution in [3.05, 3.63) is 41.3 Å². The second-order valence-corrected chi connectivity index (χ2v) is 5.02. The maximum absolute atomic E-state index is 9.03. The second-order valence-electron chi connectivity index (χ2n) is 3.78. The monoisotopic (exact) mass is 252 g/mol. The van der Waals surface area contributed by atoms with Gasteiger partial charge >= 0.3 is 0 Å². The summed E-state index contributed by atoms with van der Waals surface area (Å²) in [5.41, 5.74) is 2.75. The Labute approximate surface area is 108 Å². The van der Waals surface area contributed by atoms with Crippen LogP contribution in [0.3, 0.4) is 0 Å². The minimum absolute atomic E-state index is 0.337. The SMILES string of the molecule is Cc1nc2cc(-c3nccnc3C#N)ccc2s1. The molecule has 0 fully saturated rings. The number of hydrogen-bond acceptors (Lipinski definition) is 5. The third-order valence-corrected chi connectivity index (χ3v) is 3.52. The van der Waals surface area contributed by atoms with Crippen molar-refractivity contribution in [1.29, 1.82) is 5.26 Å². The Morgan fingerprint density at radius 2 is 2.06 bits per heavy atom. The first-order chi connectivity index (χ1) is 8.78. The number of fused-ring (bicyclic) bond motifs is 1. The van der Waals surface area contributed by atoms with E-state index in [9.17, 15) is 0 Å². The fourth-order valence-electron chi connectivity index (χ4n) is 1.82. The molecule has 3 rings (SSSR count). The molecule has 0 unspecified atom stereocenters. The summed E-state index contributed by atoms with van der Waals surface area (Å²) in [6.45, 7) is 1.98. The van der Waals surface area contributed by atoms with Crippen LogP contribution < -0.4 is 0 Å². The van der Waals surface area contributed by atoms with E-state index in [0.717, 1.165) is 20.8 Å². The highest BCUT2D eigenvalue weighted by atomic mass is 32.1. The molecule has 0 aliphatic rings. The zero-order chi connectivity index (χ0) is 12.5. The molecular weight excluding hydrogens is 244 g/mol. The average Bonchev–Trinajstić information content (AvgIpc) is 2.77. The molecule has 18 heavy (non-hydrogen) atoms. The lowest BCUT2D eigenvalue weighted by Gasteiger charge is -2.01. The van der Waals surface area contributed by atoms with Crippen molar-refractivity contribution >= 4 is 21.6 Å². The molecular formula is C13H8N4S. The van der Waals surface area contributed by atoms with Gasteiger partial charge in [0.1, 0.15) is 11.8 Å². The topological polar surface area (TPSA) is 62.5 Å². The van der Waals surface area contributed by atoms with Crippen molar-refractivity contribution in [2.45, 2.75) is 6.92 Å². The highest BCUT2D eigenvalue weighted by Crippen LogP contribution is 2.27. The van der Waals surface area contributed by atoms with E-state index in [-0.39, 0.29) is 0 Å². The standard InChI is InChI=1S/C13H8N4S/c1-8-17-10-6-9(2-3-12(10)18-8)13-11(7-14)15-4-5-16-13/h2-6H,1H3. The lowest BCUT2D eigenvalue weighted by atomic mass is 10.1. The van der Waals surface area contributed by atoms with Crippen molar-refractivity contribution in [3.8, 4) is 17.3 Å². The van der Waals surface area contributed by atoms with Crippen molar-refractivity contribution in [1.82, 2.24) is 15.0 Å². The molecule has 5 heteroatoms. The third-order valence-electron chi connectivity index (χ3n) is 2.57. The fraction of sp³-hybridized carbons (Fsp3) is 0.0769. The number of rotatable bonds is 1. The molecule has 0 aliphatic heterocycles. The fourth-order valence-corrected chi connectivity index (χ4v) is 2.63. The number of thiazole rings is 1. The van der Waals surface area contributed by atoms with Gasteiger partial charge in [-0.3, -0.25) is 4.98 Å². The Morgan fingerprint density at radius 3 is 2.89 bits per heavy atom. The van der Waals surface area contributed by atoms with Crippen LogP contribution in [0.25, 0.3) is 21.5 Å². The maximum Gasteiger partial charge on any atom is 0.166 e. The van der Waals surface area contributed by atoms with Crippen LogP contribution >= 0.6 is 11.3 Å². The van der Waals surface area contributed by atoms with E-state index in [4.69, 9.17) is 5.26 Å². The molecule has 0 bridgehead atoms. The summed E-state index contributed by atoms with van der Waals surface area (Å²) in [4.78, 5) is 12.7. The largest absolute Gasteiger partial charge is 0.252 e. The summed E-state index contributed by atoms with van der Waals surface area (Å²) in [5, 5.41) is 10.1. The number of hydrogen-bond donors (Lipinski definition) is 0. The van der Waals surface area contributed by atoms with Crippen LogP contribution in [-0.4, -0.2) is 15.0 Å². The average molecular weight is 252 g/mol. The molecule has 86 valence electrons. The zero-order valence-electron chi connectivity index (χ0n) is 9.58. The minimum Gasteiger partial charge on any atom is -0.252 e. The van der Waals surface area contributed by atoms with E-state index in [1.807, 2.05) is 25.1 Å². The van der Waals surface area contributed by atoms with Crippen molar-refractivity contribution in [2.75, 3.05) is 0 Å². The number of aryl methyl sites for hydroxylation is 1. The van der Waals surface area contributed by atoms with Crippen molar-refractivity contribution in [2.24, 2.45) is 0 Å². The van der Waals surface area contributed by atoms with Gasteiger partial charge in [0.2, 0.25) is 0 Å². The van der Waals surface area contributed by atoms with Gasteiger partial charge in [-0.05, 0) is 19.1 Å². The summed E-state index contributed by atoms with van der Waals surface area (Å²) in [6.07, 6.45) is 3.11. The Morgan fingerprint density at radius 1 is 1.22 bits per heavy atom. The molecule has 0 spiro atoms. The Hall–Kier alpha value is -2.32. The molecule has 1 aromatic carbocycles. The first-order valence-electron chi connectivity index (χ1n) is 5.36. The lowest BCUT2D eigenvalue weighted by molar-refractivity contribution is 1.17. The Kier molecular flexibility index (Phi) is 2.50. The number of nitrogens with zero attached hydrogens (tertiary/aromatic N) is 4. The van der Waals surface area contributed by atoms with Crippen LogP contribution in [0.1, 0.15) is 10.7 Å². The molecule has 2 aromatic heterocycles. The molecule has 0 radical (unpaired) electrons. The minimum atomic E-state index is 0.337. The number of nitriles is 1. The first-order valence-corrected chi connectivity index (χ1v) is 6.18. The van der Waals surface area contributed by atoms with Gasteiger partial charge in [-0.25, -0.2) is 9.97 Å². The van der Waals surface area contributed by atoms with Gasteiger partial charge in [0.25, 0.3) is 0 Å². The first kappa shape index (κ1) is 10.8. The predicted octanol–water partition coefficient (Wildman–Crippen LogP) is 2.93. The lowest BCUT2D eigenvalue weighted by Crippen LogP contribution is -1.91. The van der Waals surface area contributed by atoms with Gasteiger partial charge in [-0.15, -0.1) is 11.3 Å². The molecule has 0 amide bonds. The smallest absolute Gasteiger partial charge is 0.166 e. The van der Waals surface area contributed by atoms with E-state index < -0.39 is 0 Å². The van der Waals surface area contributed by atoms with E-state index in [0.29, 0.717) is 11.4 Å². The quantitative estimate of drug-likeness (QED) is 0.668. The highest BCUT2D eigenvalue weighted by Gasteiger charge is 2.09. The molecule has 0 saturated heterocycles. The molecule has 0 saturated carbocycles. The molecule has 2 heterocycles. The highest BCUT2D eigenvalue weighted by molar-refractivity contribution is 7.18. The molecule has 3 aromatic rings. The van der Waals surface area contributed by atoms with Gasteiger partial charge in [-0.1, -0.05) is 6.07 Å². The molecule has 0 atom stereocenters. The van der Waals surface area contributed by atoms with Crippen LogP contribution in [0, 0.1) is 18.3 Å². The summed E-state index contributed by atoms with van der Waals surface area (Å²) in [6, 6.07) is 7.96. The van der Waals surface area contributed by atoms with Crippen LogP contribution in [0.4, 0.5) is 0 Å². The number of benzene rings is 1. The van der Waals surface area contributed by atoms with Crippen LogP contribution in [0.15, 0.2) is 30.6 Å². The van der Waals surface area contributed by atoms with Crippen LogP contribution in [-0.2, 0) is 0 Å². The van der Waals surface area contributed by atoms with E-state index in [1.54, 1.807) is 17.5 Å². The normalized spacial score (nSPS) is 10.4. The van der Waals surface area contributed by atoms with E-state index in [1.165, 1.54) is 6.20 Å². The van der Waals surface area contributed by atoms with Crippen LogP contribution in [0.2, 0.25) is 0 Å². The Balaban J connectivity index is 2.22. The Bertz CT molecular complexity index is 770. The van der Waals surface area contributed by atoms with E-state index in [2.05, 4.69) is 21.0 Å². The summed E-state index contributed by atoms with van der Waals surface area (Å²) >= 11 is 1.65. The predicted molar refractivity (Wildman–Crippen MR) is 70.1 cm³/mol.